The van der Waals surface area contributed by atoms with Crippen LogP contribution >= 0.6 is 11.6 Å². The second-order valence-electron chi connectivity index (χ2n) is 8.55. The van der Waals surface area contributed by atoms with Crippen LogP contribution in [-0.2, 0) is 4.79 Å². The Labute approximate surface area is 232 Å². The molecular weight excluding hydrogens is 512 g/mol. The van der Waals surface area contributed by atoms with E-state index < -0.39 is 11.8 Å². The summed E-state index contributed by atoms with van der Waals surface area (Å²) in [5.41, 5.74) is 5.66. The van der Waals surface area contributed by atoms with E-state index in [1.165, 1.54) is 6.21 Å². The second-order valence-corrected chi connectivity index (χ2v) is 8.99. The van der Waals surface area contributed by atoms with E-state index in [0.717, 1.165) is 29.9 Å². The fraction of sp³-hybridized carbons (Fsp3) is 0.129. The third-order valence-corrected chi connectivity index (χ3v) is 6.23. The van der Waals surface area contributed by atoms with Crippen LogP contribution in [0.1, 0.15) is 35.5 Å². The molecular formula is C31H29ClN4O3. The van der Waals surface area contributed by atoms with Crippen LogP contribution in [0.15, 0.2) is 106 Å². The summed E-state index contributed by atoms with van der Waals surface area (Å²) < 4.78 is 5.79. The highest BCUT2D eigenvalue weighted by Gasteiger charge is 2.15. The minimum Gasteiger partial charge on any atom is -0.455 e. The molecule has 0 fully saturated rings. The minimum absolute atomic E-state index is 0.0536. The van der Waals surface area contributed by atoms with Gasteiger partial charge in [-0.25, -0.2) is 5.43 Å². The molecule has 4 aromatic rings. The van der Waals surface area contributed by atoms with Crippen LogP contribution < -0.4 is 15.6 Å². The van der Waals surface area contributed by atoms with Gasteiger partial charge < -0.3 is 14.6 Å². The number of nitrogens with one attached hydrogen (secondary N) is 2. The lowest BCUT2D eigenvalue weighted by atomic mass is 10.1. The minimum atomic E-state index is -0.576. The van der Waals surface area contributed by atoms with Crippen LogP contribution in [0.25, 0.3) is 17.4 Å². The average Bonchev–Trinajstić information content (AvgIpc) is 3.44. The molecule has 8 heteroatoms. The van der Waals surface area contributed by atoms with Crippen LogP contribution in [0, 0.1) is 0 Å². The van der Waals surface area contributed by atoms with Gasteiger partial charge in [-0.2, -0.15) is 5.10 Å². The van der Waals surface area contributed by atoms with Gasteiger partial charge in [-0.1, -0.05) is 41.9 Å². The van der Waals surface area contributed by atoms with Crippen molar-refractivity contribution >= 4 is 41.4 Å². The number of benzene rings is 3. The summed E-state index contributed by atoms with van der Waals surface area (Å²) in [6, 6.07) is 27.3. The zero-order valence-electron chi connectivity index (χ0n) is 21.7. The van der Waals surface area contributed by atoms with Gasteiger partial charge in [0.25, 0.3) is 11.8 Å². The molecule has 1 heterocycles. The SMILES string of the molecule is CCN(CC)c1ccc(/C=C(\NC(=O)c2ccccc2)C(=O)N/N=C/c2ccc(-c3ccc(Cl)cc3)o2)cc1. The Hall–Kier alpha value is -4.62. The highest BCUT2D eigenvalue weighted by Crippen LogP contribution is 2.23. The summed E-state index contributed by atoms with van der Waals surface area (Å²) >= 11 is 5.95. The number of nitrogens with zero attached hydrogens (tertiary/aromatic N) is 2. The maximum atomic E-state index is 13.1. The van der Waals surface area contributed by atoms with Crippen LogP contribution in [0.3, 0.4) is 0 Å². The maximum absolute atomic E-state index is 13.1. The first-order valence-electron chi connectivity index (χ1n) is 12.6. The van der Waals surface area contributed by atoms with Crippen molar-refractivity contribution in [1.82, 2.24) is 10.7 Å². The quantitative estimate of drug-likeness (QED) is 0.139. The first-order chi connectivity index (χ1) is 19.0. The van der Waals surface area contributed by atoms with Gasteiger partial charge in [0.1, 0.15) is 17.2 Å². The van der Waals surface area contributed by atoms with Gasteiger partial charge in [0, 0.05) is 34.9 Å². The van der Waals surface area contributed by atoms with Gasteiger partial charge in [0.2, 0.25) is 0 Å². The van der Waals surface area contributed by atoms with E-state index in [4.69, 9.17) is 16.0 Å². The smallest absolute Gasteiger partial charge is 0.287 e. The molecule has 2 amide bonds. The standard InChI is InChI=1S/C31H29ClN4O3/c1-3-36(4-2)26-16-10-22(11-17-26)20-28(34-30(37)24-8-6-5-7-9-24)31(38)35-33-21-27-18-19-29(39-27)23-12-14-25(32)15-13-23/h5-21H,3-4H2,1-2H3,(H,34,37)(H,35,38)/b28-20-,33-21+. The lowest BCUT2D eigenvalue weighted by Gasteiger charge is -2.20. The van der Waals surface area contributed by atoms with Crippen molar-refractivity contribution in [3.05, 3.63) is 119 Å². The molecule has 0 bridgehead atoms. The van der Waals surface area contributed by atoms with Gasteiger partial charge in [0.15, 0.2) is 0 Å². The number of hydrazone groups is 1. The molecule has 7 nitrogen and oxygen atoms in total. The first-order valence-corrected chi connectivity index (χ1v) is 13.0. The van der Waals surface area contributed by atoms with E-state index in [2.05, 4.69) is 34.6 Å². The number of rotatable bonds is 10. The van der Waals surface area contributed by atoms with Crippen molar-refractivity contribution in [2.45, 2.75) is 13.8 Å². The Kier molecular flexibility index (Phi) is 9.32. The molecule has 0 aliphatic rings. The van der Waals surface area contributed by atoms with Gasteiger partial charge in [-0.15, -0.1) is 0 Å². The molecule has 198 valence electrons. The molecule has 0 aliphatic carbocycles. The molecule has 0 radical (unpaired) electrons. The molecule has 2 N–H and O–H groups in total. The maximum Gasteiger partial charge on any atom is 0.287 e. The zero-order valence-corrected chi connectivity index (χ0v) is 22.5. The zero-order chi connectivity index (χ0) is 27.6. The molecule has 0 spiro atoms. The number of halogens is 1. The van der Waals surface area contributed by atoms with E-state index in [-0.39, 0.29) is 5.70 Å². The third-order valence-electron chi connectivity index (χ3n) is 5.97. The fourth-order valence-corrected chi connectivity index (χ4v) is 4.01. The number of amides is 2. The van der Waals surface area contributed by atoms with E-state index in [1.807, 2.05) is 42.5 Å². The number of carbonyl (C=O) groups is 2. The summed E-state index contributed by atoms with van der Waals surface area (Å²) in [5.74, 6) is 0.113. The van der Waals surface area contributed by atoms with Gasteiger partial charge in [-0.05, 0) is 86.2 Å². The number of hydrogen-bond acceptors (Lipinski definition) is 5. The molecule has 1 aromatic heterocycles. The first kappa shape index (κ1) is 27.4. The highest BCUT2D eigenvalue weighted by molar-refractivity contribution is 6.30. The van der Waals surface area contributed by atoms with E-state index >= 15 is 0 Å². The molecule has 0 unspecified atom stereocenters. The summed E-state index contributed by atoms with van der Waals surface area (Å²) in [6.07, 6.45) is 3.01. The molecule has 0 atom stereocenters. The van der Waals surface area contributed by atoms with Gasteiger partial charge in [-0.3, -0.25) is 9.59 Å². The largest absolute Gasteiger partial charge is 0.455 e. The van der Waals surface area contributed by atoms with Crippen LogP contribution in [-0.4, -0.2) is 31.1 Å². The van der Waals surface area contributed by atoms with Crippen LogP contribution in [0.5, 0.6) is 0 Å². The lowest BCUT2D eigenvalue weighted by Crippen LogP contribution is -2.32. The third kappa shape index (κ3) is 7.46. The van der Waals surface area contributed by atoms with Crippen molar-refractivity contribution in [3.63, 3.8) is 0 Å². The van der Waals surface area contributed by atoms with Crippen LogP contribution in [0.4, 0.5) is 5.69 Å². The van der Waals surface area contributed by atoms with Gasteiger partial charge >= 0.3 is 0 Å². The Morgan fingerprint density at radius 2 is 1.59 bits per heavy atom. The van der Waals surface area contributed by atoms with Crippen LogP contribution in [0.2, 0.25) is 5.02 Å². The van der Waals surface area contributed by atoms with Crippen molar-refractivity contribution in [2.75, 3.05) is 18.0 Å². The Morgan fingerprint density at radius 1 is 0.897 bits per heavy atom. The molecule has 0 saturated heterocycles. The van der Waals surface area contributed by atoms with E-state index in [9.17, 15) is 9.59 Å². The van der Waals surface area contributed by atoms with Crippen molar-refractivity contribution in [3.8, 4) is 11.3 Å². The lowest BCUT2D eigenvalue weighted by molar-refractivity contribution is -0.117. The predicted octanol–water partition coefficient (Wildman–Crippen LogP) is 6.37. The molecule has 3 aromatic carbocycles. The average molecular weight is 541 g/mol. The molecule has 39 heavy (non-hydrogen) atoms. The Morgan fingerprint density at radius 3 is 2.26 bits per heavy atom. The molecule has 0 aliphatic heterocycles. The summed E-state index contributed by atoms with van der Waals surface area (Å²) in [7, 11) is 0. The van der Waals surface area contributed by atoms with Crippen molar-refractivity contribution in [2.24, 2.45) is 5.10 Å². The highest BCUT2D eigenvalue weighted by atomic mass is 35.5. The summed E-state index contributed by atoms with van der Waals surface area (Å²) in [5, 5.41) is 7.38. The Bertz CT molecular complexity index is 1460. The normalized spacial score (nSPS) is 11.4. The predicted molar refractivity (Wildman–Crippen MR) is 157 cm³/mol. The molecule has 0 saturated carbocycles. The Balaban J connectivity index is 1.51. The second kappa shape index (κ2) is 13.3. The number of anilines is 1. The molecule has 4 rings (SSSR count). The summed E-state index contributed by atoms with van der Waals surface area (Å²) in [6.45, 7) is 5.98. The van der Waals surface area contributed by atoms with Crippen molar-refractivity contribution in [1.29, 1.82) is 0 Å². The number of hydrogen-bond donors (Lipinski definition) is 2. The van der Waals surface area contributed by atoms with E-state index in [0.29, 0.717) is 22.1 Å². The van der Waals surface area contributed by atoms with Crippen molar-refractivity contribution < 1.29 is 14.0 Å². The monoisotopic (exact) mass is 540 g/mol. The topological polar surface area (TPSA) is 86.9 Å². The number of carbonyl (C=O) groups excluding carboxylic acids is 2. The van der Waals surface area contributed by atoms with E-state index in [1.54, 1.807) is 54.6 Å². The summed E-state index contributed by atoms with van der Waals surface area (Å²) in [4.78, 5) is 28.1. The number of furan rings is 1. The van der Waals surface area contributed by atoms with Gasteiger partial charge in [0.05, 0.1) is 6.21 Å². The fourth-order valence-electron chi connectivity index (χ4n) is 3.89.